The molecule has 1 aromatic rings. The highest BCUT2D eigenvalue weighted by molar-refractivity contribution is 7.89. The molecular formula is C18H26FN3O3S. The van der Waals surface area contributed by atoms with Gasteiger partial charge in [0.25, 0.3) is 0 Å². The van der Waals surface area contributed by atoms with Gasteiger partial charge in [-0.1, -0.05) is 12.5 Å². The van der Waals surface area contributed by atoms with Gasteiger partial charge in [-0.2, -0.15) is 0 Å². The standard InChI is InChI=1S/C18H26FN3O3S/c19-14-5-2-7-16(10-14)26(24,25)21-15-6-3-9-22(12-15)18(23)17-8-1-4-13(17)11-20/h2,5,7,10,13,15,17,21H,1,3-4,6,8-9,11-12,20H2/t13-,15?,17-/m1/s1. The second kappa shape index (κ2) is 8.02. The summed E-state index contributed by atoms with van der Waals surface area (Å²) in [5, 5.41) is 0. The lowest BCUT2D eigenvalue weighted by molar-refractivity contribution is -0.137. The number of hydrogen-bond donors (Lipinski definition) is 2. The number of nitrogens with two attached hydrogens (primary N) is 1. The molecule has 1 saturated carbocycles. The Hall–Kier alpha value is -1.51. The van der Waals surface area contributed by atoms with Crippen LogP contribution in [0, 0.1) is 17.7 Å². The van der Waals surface area contributed by atoms with Crippen molar-refractivity contribution in [1.29, 1.82) is 0 Å². The van der Waals surface area contributed by atoms with Crippen LogP contribution in [0.5, 0.6) is 0 Å². The zero-order chi connectivity index (χ0) is 18.7. The fourth-order valence-corrected chi connectivity index (χ4v) is 5.37. The fourth-order valence-electron chi connectivity index (χ4n) is 4.07. The number of benzene rings is 1. The zero-order valence-corrected chi connectivity index (χ0v) is 15.6. The number of piperidine rings is 1. The van der Waals surface area contributed by atoms with Crippen molar-refractivity contribution in [3.05, 3.63) is 30.1 Å². The van der Waals surface area contributed by atoms with E-state index in [-0.39, 0.29) is 28.7 Å². The van der Waals surface area contributed by atoms with Crippen LogP contribution in [-0.2, 0) is 14.8 Å². The Morgan fingerprint density at radius 1 is 1.27 bits per heavy atom. The van der Waals surface area contributed by atoms with Gasteiger partial charge >= 0.3 is 0 Å². The number of amides is 1. The minimum absolute atomic E-state index is 0.0430. The number of likely N-dealkylation sites (tertiary alicyclic amines) is 1. The Morgan fingerprint density at radius 2 is 2.08 bits per heavy atom. The normalized spacial score (nSPS) is 26.8. The van der Waals surface area contributed by atoms with E-state index in [2.05, 4.69) is 4.72 Å². The highest BCUT2D eigenvalue weighted by atomic mass is 32.2. The van der Waals surface area contributed by atoms with Crippen LogP contribution in [0.25, 0.3) is 0 Å². The van der Waals surface area contributed by atoms with E-state index in [4.69, 9.17) is 5.73 Å². The quantitative estimate of drug-likeness (QED) is 0.805. The second-order valence-electron chi connectivity index (χ2n) is 7.24. The molecule has 1 saturated heterocycles. The van der Waals surface area contributed by atoms with Gasteiger partial charge < -0.3 is 10.6 Å². The molecule has 2 aliphatic rings. The van der Waals surface area contributed by atoms with Crippen molar-refractivity contribution in [1.82, 2.24) is 9.62 Å². The molecule has 2 fully saturated rings. The van der Waals surface area contributed by atoms with Crippen molar-refractivity contribution in [2.75, 3.05) is 19.6 Å². The topological polar surface area (TPSA) is 92.5 Å². The summed E-state index contributed by atoms with van der Waals surface area (Å²) in [5.74, 6) is -0.319. The van der Waals surface area contributed by atoms with Gasteiger partial charge in [-0.15, -0.1) is 0 Å². The minimum atomic E-state index is -3.81. The van der Waals surface area contributed by atoms with E-state index >= 15 is 0 Å². The summed E-state index contributed by atoms with van der Waals surface area (Å²) in [6, 6.07) is 4.57. The van der Waals surface area contributed by atoms with Crippen molar-refractivity contribution in [2.24, 2.45) is 17.6 Å². The predicted octanol–water partition coefficient (Wildman–Crippen LogP) is 1.47. The van der Waals surface area contributed by atoms with Crippen LogP contribution in [-0.4, -0.2) is 44.9 Å². The molecule has 8 heteroatoms. The highest BCUT2D eigenvalue weighted by Crippen LogP contribution is 2.33. The van der Waals surface area contributed by atoms with Gasteiger partial charge in [-0.3, -0.25) is 4.79 Å². The Kier molecular flexibility index (Phi) is 5.94. The molecule has 1 heterocycles. The van der Waals surface area contributed by atoms with Gasteiger partial charge in [0.1, 0.15) is 5.82 Å². The number of rotatable bonds is 5. The molecule has 1 aliphatic carbocycles. The van der Waals surface area contributed by atoms with Gasteiger partial charge in [0.05, 0.1) is 4.90 Å². The van der Waals surface area contributed by atoms with Crippen LogP contribution < -0.4 is 10.5 Å². The molecule has 6 nitrogen and oxygen atoms in total. The fraction of sp³-hybridized carbons (Fsp3) is 0.611. The molecular weight excluding hydrogens is 357 g/mol. The third-order valence-corrected chi connectivity index (χ3v) is 6.96. The van der Waals surface area contributed by atoms with Crippen molar-refractivity contribution < 1.29 is 17.6 Å². The summed E-state index contributed by atoms with van der Waals surface area (Å²) in [7, 11) is -3.81. The average Bonchev–Trinajstić information content (AvgIpc) is 3.09. The maximum Gasteiger partial charge on any atom is 0.240 e. The number of carbonyl (C=O) groups is 1. The number of sulfonamides is 1. The first-order valence-corrected chi connectivity index (χ1v) is 10.7. The van der Waals surface area contributed by atoms with Crippen molar-refractivity contribution in [3.63, 3.8) is 0 Å². The van der Waals surface area contributed by atoms with Crippen molar-refractivity contribution in [2.45, 2.75) is 43.0 Å². The zero-order valence-electron chi connectivity index (χ0n) is 14.7. The summed E-state index contributed by atoms with van der Waals surface area (Å²) < 4.78 is 40.9. The molecule has 0 radical (unpaired) electrons. The number of nitrogens with zero attached hydrogens (tertiary/aromatic N) is 1. The summed E-state index contributed by atoms with van der Waals surface area (Å²) in [6.07, 6.45) is 4.25. The van der Waals surface area contributed by atoms with Gasteiger partial charge in [-0.25, -0.2) is 17.5 Å². The first-order chi connectivity index (χ1) is 12.4. The summed E-state index contributed by atoms with van der Waals surface area (Å²) in [4.78, 5) is 14.5. The Labute approximate surface area is 154 Å². The first-order valence-electron chi connectivity index (χ1n) is 9.17. The van der Waals surface area contributed by atoms with Crippen LogP contribution in [0.3, 0.4) is 0 Å². The van der Waals surface area contributed by atoms with Gasteiger partial charge in [0.15, 0.2) is 0 Å². The van der Waals surface area contributed by atoms with E-state index in [9.17, 15) is 17.6 Å². The Bertz CT molecular complexity index is 756. The Morgan fingerprint density at radius 3 is 2.81 bits per heavy atom. The molecule has 3 atom stereocenters. The molecule has 1 aromatic carbocycles. The van der Waals surface area contributed by atoms with Crippen LogP contribution in [0.1, 0.15) is 32.1 Å². The van der Waals surface area contributed by atoms with E-state index in [1.165, 1.54) is 18.2 Å². The largest absolute Gasteiger partial charge is 0.341 e. The third kappa shape index (κ3) is 4.24. The lowest BCUT2D eigenvalue weighted by Crippen LogP contribution is -2.51. The Balaban J connectivity index is 1.66. The van der Waals surface area contributed by atoms with E-state index in [1.54, 1.807) is 4.90 Å². The van der Waals surface area contributed by atoms with Crippen LogP contribution >= 0.6 is 0 Å². The molecule has 144 valence electrons. The van der Waals surface area contributed by atoms with Crippen molar-refractivity contribution in [3.8, 4) is 0 Å². The lowest BCUT2D eigenvalue weighted by Gasteiger charge is -2.35. The van der Waals surface area contributed by atoms with Crippen LogP contribution in [0.4, 0.5) is 4.39 Å². The molecule has 1 amide bonds. The van der Waals surface area contributed by atoms with E-state index in [1.807, 2.05) is 0 Å². The molecule has 0 spiro atoms. The average molecular weight is 383 g/mol. The molecule has 0 bridgehead atoms. The van der Waals surface area contributed by atoms with Crippen LogP contribution in [0.15, 0.2) is 29.2 Å². The van der Waals surface area contributed by atoms with Crippen LogP contribution in [0.2, 0.25) is 0 Å². The molecule has 0 aromatic heterocycles. The molecule has 3 rings (SSSR count). The van der Waals surface area contributed by atoms with Gasteiger partial charge in [0.2, 0.25) is 15.9 Å². The highest BCUT2D eigenvalue weighted by Gasteiger charge is 2.36. The SMILES string of the molecule is NC[C@H]1CCC[C@H]1C(=O)N1CCCC(NS(=O)(=O)c2cccc(F)c2)C1. The molecule has 1 unspecified atom stereocenters. The minimum Gasteiger partial charge on any atom is -0.341 e. The number of hydrogen-bond acceptors (Lipinski definition) is 4. The maximum absolute atomic E-state index is 13.3. The smallest absolute Gasteiger partial charge is 0.240 e. The number of nitrogens with one attached hydrogen (secondary N) is 1. The van der Waals surface area contributed by atoms with Crippen molar-refractivity contribution >= 4 is 15.9 Å². The third-order valence-electron chi connectivity index (χ3n) is 5.44. The summed E-state index contributed by atoms with van der Waals surface area (Å²) in [6.45, 7) is 1.51. The monoisotopic (exact) mass is 383 g/mol. The van der Waals surface area contributed by atoms with E-state index in [0.717, 1.165) is 31.7 Å². The summed E-state index contributed by atoms with van der Waals surface area (Å²) in [5.41, 5.74) is 5.79. The summed E-state index contributed by atoms with van der Waals surface area (Å²) >= 11 is 0. The lowest BCUT2D eigenvalue weighted by atomic mass is 9.93. The van der Waals surface area contributed by atoms with Gasteiger partial charge in [0, 0.05) is 25.0 Å². The molecule has 26 heavy (non-hydrogen) atoms. The predicted molar refractivity (Wildman–Crippen MR) is 96.2 cm³/mol. The van der Waals surface area contributed by atoms with E-state index < -0.39 is 15.8 Å². The molecule has 1 aliphatic heterocycles. The maximum atomic E-state index is 13.3. The number of halogens is 1. The number of carbonyl (C=O) groups excluding carboxylic acids is 1. The second-order valence-corrected chi connectivity index (χ2v) is 8.95. The van der Waals surface area contributed by atoms with E-state index in [0.29, 0.717) is 26.1 Å². The van der Waals surface area contributed by atoms with Gasteiger partial charge in [-0.05, 0) is 56.3 Å². The molecule has 3 N–H and O–H groups in total. The first kappa shape index (κ1) is 19.3.